The first-order chi connectivity index (χ1) is 8.63. The predicted octanol–water partition coefficient (Wildman–Crippen LogP) is 3.75. The monoisotopic (exact) mass is 247 g/mol. The van der Waals surface area contributed by atoms with E-state index in [1.807, 2.05) is 6.92 Å². The Balaban J connectivity index is 2.13. The summed E-state index contributed by atoms with van der Waals surface area (Å²) in [6, 6.07) is 9.05. The highest BCUT2D eigenvalue weighted by atomic mass is 16.3. The maximum atomic E-state index is 9.81. The van der Waals surface area contributed by atoms with Gasteiger partial charge in [0.15, 0.2) is 0 Å². The molecule has 100 valence electrons. The van der Waals surface area contributed by atoms with Crippen molar-refractivity contribution >= 4 is 5.69 Å². The molecule has 0 spiro atoms. The molecule has 0 radical (unpaired) electrons. The van der Waals surface area contributed by atoms with E-state index in [0.717, 1.165) is 24.4 Å². The van der Waals surface area contributed by atoms with Crippen molar-refractivity contribution in [3.05, 3.63) is 29.8 Å². The van der Waals surface area contributed by atoms with Gasteiger partial charge in [-0.25, -0.2) is 0 Å². The molecule has 1 saturated heterocycles. The van der Waals surface area contributed by atoms with Gasteiger partial charge in [-0.15, -0.1) is 0 Å². The number of rotatable bonds is 3. The Morgan fingerprint density at radius 3 is 2.56 bits per heavy atom. The summed E-state index contributed by atoms with van der Waals surface area (Å²) < 4.78 is 0. The third-order valence-electron chi connectivity index (χ3n) is 4.37. The largest absolute Gasteiger partial charge is 0.388 e. The van der Waals surface area contributed by atoms with Crippen molar-refractivity contribution in [1.29, 1.82) is 0 Å². The fraction of sp³-hybridized carbons (Fsp3) is 0.625. The summed E-state index contributed by atoms with van der Waals surface area (Å²) >= 11 is 0. The molecule has 18 heavy (non-hydrogen) atoms. The lowest BCUT2D eigenvalue weighted by atomic mass is 9.91. The van der Waals surface area contributed by atoms with Crippen LogP contribution in [0.5, 0.6) is 0 Å². The molecule has 0 aromatic heterocycles. The van der Waals surface area contributed by atoms with Crippen LogP contribution < -0.4 is 4.90 Å². The summed E-state index contributed by atoms with van der Waals surface area (Å²) in [5.41, 5.74) is 2.32. The van der Waals surface area contributed by atoms with E-state index in [9.17, 15) is 5.11 Å². The Kier molecular flexibility index (Phi) is 4.28. The van der Waals surface area contributed by atoms with E-state index in [2.05, 4.69) is 43.0 Å². The maximum Gasteiger partial charge on any atom is 0.0787 e. The van der Waals surface area contributed by atoms with Gasteiger partial charge in [0.25, 0.3) is 0 Å². The van der Waals surface area contributed by atoms with Crippen LogP contribution in [-0.4, -0.2) is 17.7 Å². The zero-order chi connectivity index (χ0) is 13.1. The minimum absolute atomic E-state index is 0.322. The lowest BCUT2D eigenvalue weighted by molar-refractivity contribution is 0.173. The second-order valence-electron chi connectivity index (χ2n) is 5.57. The number of hydrogen-bond donors (Lipinski definition) is 1. The molecule has 0 aliphatic carbocycles. The lowest BCUT2D eigenvalue weighted by Gasteiger charge is -2.39. The molecule has 0 saturated carbocycles. The van der Waals surface area contributed by atoms with E-state index in [1.165, 1.54) is 18.5 Å². The smallest absolute Gasteiger partial charge is 0.0787 e. The van der Waals surface area contributed by atoms with Crippen LogP contribution in [-0.2, 0) is 0 Å². The van der Waals surface area contributed by atoms with E-state index in [-0.39, 0.29) is 6.10 Å². The molecule has 1 heterocycles. The van der Waals surface area contributed by atoms with Crippen LogP contribution in [0.15, 0.2) is 24.3 Å². The summed E-state index contributed by atoms with van der Waals surface area (Å²) in [6.07, 6.45) is 3.07. The van der Waals surface area contributed by atoms with Crippen molar-refractivity contribution in [2.45, 2.75) is 52.2 Å². The molecule has 1 aromatic rings. The van der Waals surface area contributed by atoms with Crippen molar-refractivity contribution in [2.24, 2.45) is 5.92 Å². The molecule has 1 aliphatic heterocycles. The van der Waals surface area contributed by atoms with Gasteiger partial charge < -0.3 is 10.0 Å². The van der Waals surface area contributed by atoms with Crippen molar-refractivity contribution in [1.82, 2.24) is 0 Å². The van der Waals surface area contributed by atoms with Crippen molar-refractivity contribution in [3.63, 3.8) is 0 Å². The van der Waals surface area contributed by atoms with Crippen molar-refractivity contribution < 1.29 is 5.11 Å². The standard InChI is InChI=1S/C16H25NO/c1-4-16(18)14-7-9-15(10-8-14)17-11-5-6-12(2)13(17)3/h7-10,12-13,16,18H,4-6,11H2,1-3H3/t12?,13?,16-/m1/s1. The molecule has 2 nitrogen and oxygen atoms in total. The molecule has 1 fully saturated rings. The fourth-order valence-corrected chi connectivity index (χ4v) is 2.82. The zero-order valence-electron chi connectivity index (χ0n) is 11.8. The van der Waals surface area contributed by atoms with Crippen LogP contribution >= 0.6 is 0 Å². The number of aliphatic hydroxyl groups excluding tert-OH is 1. The van der Waals surface area contributed by atoms with Gasteiger partial charge in [0.1, 0.15) is 0 Å². The van der Waals surface area contributed by atoms with Crippen LogP contribution in [0.1, 0.15) is 51.7 Å². The summed E-state index contributed by atoms with van der Waals surface area (Å²) in [5, 5.41) is 9.81. The Labute approximate surface area is 111 Å². The molecular weight excluding hydrogens is 222 g/mol. The van der Waals surface area contributed by atoms with Crippen LogP contribution in [0.2, 0.25) is 0 Å². The van der Waals surface area contributed by atoms with E-state index in [1.54, 1.807) is 0 Å². The predicted molar refractivity (Wildman–Crippen MR) is 76.9 cm³/mol. The van der Waals surface area contributed by atoms with Gasteiger partial charge in [-0.1, -0.05) is 26.0 Å². The quantitative estimate of drug-likeness (QED) is 0.879. The number of nitrogens with zero attached hydrogens (tertiary/aromatic N) is 1. The molecule has 3 atom stereocenters. The SMILES string of the molecule is CC[C@@H](O)c1ccc(N2CCCC(C)C2C)cc1. The minimum atomic E-state index is -0.322. The summed E-state index contributed by atoms with van der Waals surface area (Å²) in [4.78, 5) is 2.50. The van der Waals surface area contributed by atoms with Crippen molar-refractivity contribution in [3.8, 4) is 0 Å². The first-order valence-electron chi connectivity index (χ1n) is 7.18. The summed E-state index contributed by atoms with van der Waals surface area (Å²) in [6.45, 7) is 7.82. The van der Waals surface area contributed by atoms with Gasteiger partial charge in [-0.05, 0) is 49.8 Å². The number of anilines is 1. The van der Waals surface area contributed by atoms with Gasteiger partial charge in [0.05, 0.1) is 6.10 Å². The topological polar surface area (TPSA) is 23.5 Å². The highest BCUT2D eigenvalue weighted by Gasteiger charge is 2.24. The summed E-state index contributed by atoms with van der Waals surface area (Å²) in [7, 11) is 0. The van der Waals surface area contributed by atoms with E-state index >= 15 is 0 Å². The van der Waals surface area contributed by atoms with Crippen LogP contribution in [0, 0.1) is 5.92 Å². The Morgan fingerprint density at radius 2 is 1.94 bits per heavy atom. The highest BCUT2D eigenvalue weighted by molar-refractivity contribution is 5.49. The third-order valence-corrected chi connectivity index (χ3v) is 4.37. The molecule has 1 N–H and O–H groups in total. The molecule has 1 aromatic carbocycles. The van der Waals surface area contributed by atoms with Crippen LogP contribution in [0.3, 0.4) is 0 Å². The first kappa shape index (κ1) is 13.4. The van der Waals surface area contributed by atoms with Crippen LogP contribution in [0.25, 0.3) is 0 Å². The first-order valence-corrected chi connectivity index (χ1v) is 7.18. The highest BCUT2D eigenvalue weighted by Crippen LogP contribution is 2.29. The maximum absolute atomic E-state index is 9.81. The zero-order valence-corrected chi connectivity index (χ0v) is 11.8. The Hall–Kier alpha value is -1.02. The third kappa shape index (κ3) is 2.69. The van der Waals surface area contributed by atoms with E-state index in [4.69, 9.17) is 0 Å². The van der Waals surface area contributed by atoms with Gasteiger partial charge >= 0.3 is 0 Å². The number of benzene rings is 1. The molecule has 0 bridgehead atoms. The lowest BCUT2D eigenvalue weighted by Crippen LogP contribution is -2.42. The second-order valence-corrected chi connectivity index (χ2v) is 5.57. The molecular formula is C16H25NO. The van der Waals surface area contributed by atoms with Crippen LogP contribution in [0.4, 0.5) is 5.69 Å². The van der Waals surface area contributed by atoms with Gasteiger partial charge in [-0.2, -0.15) is 0 Å². The average molecular weight is 247 g/mol. The minimum Gasteiger partial charge on any atom is -0.388 e. The molecule has 1 aliphatic rings. The summed E-state index contributed by atoms with van der Waals surface area (Å²) in [5.74, 6) is 0.764. The Morgan fingerprint density at radius 1 is 1.28 bits per heavy atom. The van der Waals surface area contributed by atoms with Gasteiger partial charge in [0.2, 0.25) is 0 Å². The van der Waals surface area contributed by atoms with Gasteiger partial charge in [-0.3, -0.25) is 0 Å². The molecule has 0 amide bonds. The van der Waals surface area contributed by atoms with E-state index in [0.29, 0.717) is 6.04 Å². The molecule has 2 rings (SSSR count). The van der Waals surface area contributed by atoms with Gasteiger partial charge in [0, 0.05) is 18.3 Å². The fourth-order valence-electron chi connectivity index (χ4n) is 2.82. The van der Waals surface area contributed by atoms with E-state index < -0.39 is 0 Å². The Bertz CT molecular complexity index is 373. The molecule has 2 unspecified atom stereocenters. The second kappa shape index (κ2) is 5.75. The normalized spacial score (nSPS) is 26.1. The number of aliphatic hydroxyl groups is 1. The average Bonchev–Trinajstić information content (AvgIpc) is 2.41. The number of piperidine rings is 1. The van der Waals surface area contributed by atoms with Crippen molar-refractivity contribution in [2.75, 3.05) is 11.4 Å². The molecule has 2 heteroatoms. The number of hydrogen-bond acceptors (Lipinski definition) is 2.